The summed E-state index contributed by atoms with van der Waals surface area (Å²) in [6.07, 6.45) is 0. The Bertz CT molecular complexity index is 451. The zero-order valence-electron chi connectivity index (χ0n) is 10.9. The summed E-state index contributed by atoms with van der Waals surface area (Å²) in [6, 6.07) is 0. The Kier molecular flexibility index (Phi) is 6.27. The lowest BCUT2D eigenvalue weighted by Crippen LogP contribution is -2.13. The van der Waals surface area contributed by atoms with E-state index in [0.717, 1.165) is 0 Å². The van der Waals surface area contributed by atoms with Gasteiger partial charge in [-0.15, -0.1) is 5.10 Å². The van der Waals surface area contributed by atoms with Crippen LogP contribution in [0, 0.1) is 6.92 Å². The van der Waals surface area contributed by atoms with Crippen LogP contribution in [-0.4, -0.2) is 52.5 Å². The third-order valence-electron chi connectivity index (χ3n) is 2.27. The van der Waals surface area contributed by atoms with Crippen LogP contribution in [0.1, 0.15) is 16.2 Å². The lowest BCUT2D eigenvalue weighted by molar-refractivity contribution is -0.0328. The minimum Gasteiger partial charge on any atom is -0.458 e. The molecule has 0 aliphatic rings. The van der Waals surface area contributed by atoms with Crippen LogP contribution in [0.3, 0.4) is 0 Å². The molecule has 0 radical (unpaired) electrons. The first-order chi connectivity index (χ1) is 9.35. The molecule has 1 heterocycles. The van der Waals surface area contributed by atoms with Crippen molar-refractivity contribution >= 4 is 17.7 Å². The maximum atomic E-state index is 12.0. The Morgan fingerprint density at radius 3 is 2.70 bits per heavy atom. The number of aryl methyl sites for hydroxylation is 1. The lowest BCUT2D eigenvalue weighted by Gasteiger charge is -2.06. The van der Waals surface area contributed by atoms with Gasteiger partial charge in [0.05, 0.1) is 18.8 Å². The van der Waals surface area contributed by atoms with E-state index < -0.39 is 11.5 Å². The number of ether oxygens (including phenoxy) is 2. The maximum Gasteiger partial charge on any atom is 0.441 e. The topological polar surface area (TPSA) is 66.2 Å². The Morgan fingerprint density at radius 2 is 2.10 bits per heavy atom. The van der Waals surface area contributed by atoms with E-state index in [1.54, 1.807) is 6.92 Å². The number of carbonyl (C=O) groups is 1. The minimum atomic E-state index is -4.28. The number of halogens is 3. The van der Waals surface area contributed by atoms with Gasteiger partial charge in [-0.25, -0.2) is 9.48 Å². The summed E-state index contributed by atoms with van der Waals surface area (Å²) < 4.78 is 46.8. The number of aromatic nitrogens is 3. The number of hydrogen-bond acceptors (Lipinski definition) is 6. The van der Waals surface area contributed by atoms with Crippen molar-refractivity contribution in [2.24, 2.45) is 0 Å². The highest BCUT2D eigenvalue weighted by atomic mass is 32.2. The monoisotopic (exact) mass is 313 g/mol. The van der Waals surface area contributed by atoms with E-state index in [9.17, 15) is 18.0 Å². The largest absolute Gasteiger partial charge is 0.458 e. The number of alkyl halides is 3. The third kappa shape index (κ3) is 5.37. The summed E-state index contributed by atoms with van der Waals surface area (Å²) in [7, 11) is 1.47. The summed E-state index contributed by atoms with van der Waals surface area (Å²) in [5, 5.41) is 7.26. The Morgan fingerprint density at radius 1 is 1.40 bits per heavy atom. The molecule has 0 aromatic carbocycles. The molecule has 0 N–H and O–H groups in total. The van der Waals surface area contributed by atoms with E-state index in [0.29, 0.717) is 5.69 Å². The highest BCUT2D eigenvalue weighted by molar-refractivity contribution is 8.00. The predicted octanol–water partition coefficient (Wildman–Crippen LogP) is 1.64. The highest BCUT2D eigenvalue weighted by Gasteiger charge is 2.28. The number of esters is 1. The molecule has 0 fully saturated rings. The number of hydrogen-bond donors (Lipinski definition) is 0. The molecule has 0 bridgehead atoms. The summed E-state index contributed by atoms with van der Waals surface area (Å²) in [4.78, 5) is 11.6. The van der Waals surface area contributed by atoms with Crippen LogP contribution in [0.15, 0.2) is 0 Å². The number of thioether (sulfide) groups is 1. The van der Waals surface area contributed by atoms with E-state index >= 15 is 0 Å². The van der Waals surface area contributed by atoms with Crippen molar-refractivity contribution in [3.8, 4) is 0 Å². The van der Waals surface area contributed by atoms with Crippen molar-refractivity contribution in [3.05, 3.63) is 11.4 Å². The van der Waals surface area contributed by atoms with E-state index in [1.807, 2.05) is 0 Å². The van der Waals surface area contributed by atoms with E-state index in [1.165, 1.54) is 11.8 Å². The van der Waals surface area contributed by atoms with Gasteiger partial charge in [0.25, 0.3) is 0 Å². The Hall–Kier alpha value is -1.29. The zero-order valence-corrected chi connectivity index (χ0v) is 11.8. The molecule has 0 spiro atoms. The molecule has 6 nitrogen and oxygen atoms in total. The fourth-order valence-electron chi connectivity index (χ4n) is 1.30. The average Bonchev–Trinajstić information content (AvgIpc) is 2.70. The van der Waals surface area contributed by atoms with Gasteiger partial charge in [-0.05, 0) is 18.7 Å². The second-order valence-electron chi connectivity index (χ2n) is 3.67. The minimum absolute atomic E-state index is 0.00175. The molecule has 0 unspecified atom stereocenters. The van der Waals surface area contributed by atoms with Crippen molar-refractivity contribution in [1.29, 1.82) is 0 Å². The number of methoxy groups -OCH3 is 1. The SMILES string of the molecule is COCCOC(=O)c1nnn(CCSC(F)(F)F)c1C. The molecule has 1 aromatic rings. The fraction of sp³-hybridized carbons (Fsp3) is 0.700. The van der Waals surface area contributed by atoms with Crippen LogP contribution in [0.2, 0.25) is 0 Å². The summed E-state index contributed by atoms with van der Waals surface area (Å²) in [5.74, 6) is -0.874. The van der Waals surface area contributed by atoms with Crippen molar-refractivity contribution in [2.75, 3.05) is 26.1 Å². The van der Waals surface area contributed by atoms with Crippen LogP contribution in [0.25, 0.3) is 0 Å². The molecule has 1 aromatic heterocycles. The first-order valence-corrected chi connectivity index (χ1v) is 6.60. The molecule has 0 saturated carbocycles. The first-order valence-electron chi connectivity index (χ1n) is 5.62. The molecule has 10 heteroatoms. The smallest absolute Gasteiger partial charge is 0.441 e. The third-order valence-corrected chi connectivity index (χ3v) is 2.98. The summed E-state index contributed by atoms with van der Waals surface area (Å²) >= 11 is -0.150. The molecule has 0 aliphatic carbocycles. The maximum absolute atomic E-state index is 12.0. The molecule has 114 valence electrons. The van der Waals surface area contributed by atoms with Crippen LogP contribution < -0.4 is 0 Å². The van der Waals surface area contributed by atoms with Crippen molar-refractivity contribution in [1.82, 2.24) is 15.0 Å². The van der Waals surface area contributed by atoms with Gasteiger partial charge in [0.15, 0.2) is 5.69 Å². The lowest BCUT2D eigenvalue weighted by atomic mass is 10.3. The molecule has 0 amide bonds. The van der Waals surface area contributed by atoms with Gasteiger partial charge in [-0.1, -0.05) is 5.21 Å². The van der Waals surface area contributed by atoms with Gasteiger partial charge in [-0.3, -0.25) is 0 Å². The van der Waals surface area contributed by atoms with Gasteiger partial charge >= 0.3 is 11.5 Å². The van der Waals surface area contributed by atoms with E-state index in [-0.39, 0.29) is 43.0 Å². The van der Waals surface area contributed by atoms with Crippen molar-refractivity contribution < 1.29 is 27.4 Å². The average molecular weight is 313 g/mol. The standard InChI is InChI=1S/C10H14F3N3O3S/c1-7-8(9(17)19-5-4-18-2)14-15-16(7)3-6-20-10(11,12)13/h3-6H2,1-2H3. The molecule has 0 atom stereocenters. The molecular formula is C10H14F3N3O3S. The molecule has 1 rings (SSSR count). The molecule has 0 aliphatic heterocycles. The fourth-order valence-corrected chi connectivity index (χ4v) is 1.79. The Labute approximate surface area is 117 Å². The van der Waals surface area contributed by atoms with Crippen molar-refractivity contribution in [2.45, 2.75) is 19.0 Å². The van der Waals surface area contributed by atoms with Crippen LogP contribution in [0.5, 0.6) is 0 Å². The first kappa shape index (κ1) is 16.8. The molecule has 20 heavy (non-hydrogen) atoms. The second kappa shape index (κ2) is 7.48. The van der Waals surface area contributed by atoms with Gasteiger partial charge in [0.1, 0.15) is 6.61 Å². The summed E-state index contributed by atoms with van der Waals surface area (Å²) in [6.45, 7) is 1.88. The second-order valence-corrected chi connectivity index (χ2v) is 4.83. The normalized spacial score (nSPS) is 11.7. The highest BCUT2D eigenvalue weighted by Crippen LogP contribution is 2.30. The molecular weight excluding hydrogens is 299 g/mol. The number of nitrogens with zero attached hydrogens (tertiary/aromatic N) is 3. The quantitative estimate of drug-likeness (QED) is 0.563. The van der Waals surface area contributed by atoms with Crippen LogP contribution in [-0.2, 0) is 16.0 Å². The number of carbonyl (C=O) groups excluding carboxylic acids is 1. The number of rotatable bonds is 7. The van der Waals surface area contributed by atoms with Crippen LogP contribution in [0.4, 0.5) is 13.2 Å². The van der Waals surface area contributed by atoms with Crippen molar-refractivity contribution in [3.63, 3.8) is 0 Å². The molecule has 0 saturated heterocycles. The van der Waals surface area contributed by atoms with Gasteiger partial charge in [-0.2, -0.15) is 13.2 Å². The van der Waals surface area contributed by atoms with Gasteiger partial charge in [0.2, 0.25) is 0 Å². The van der Waals surface area contributed by atoms with E-state index in [2.05, 4.69) is 10.3 Å². The zero-order chi connectivity index (χ0) is 15.2. The van der Waals surface area contributed by atoms with Gasteiger partial charge in [0, 0.05) is 12.9 Å². The summed E-state index contributed by atoms with van der Waals surface area (Å²) in [5.41, 5.74) is -3.91. The van der Waals surface area contributed by atoms with Crippen LogP contribution >= 0.6 is 11.8 Å². The predicted molar refractivity (Wildman–Crippen MR) is 65.4 cm³/mol. The van der Waals surface area contributed by atoms with E-state index in [4.69, 9.17) is 9.47 Å². The van der Waals surface area contributed by atoms with Gasteiger partial charge < -0.3 is 9.47 Å². The Balaban J connectivity index is 2.54.